The first kappa shape index (κ1) is 11.2. The molecule has 0 aromatic carbocycles. The van der Waals surface area contributed by atoms with Crippen molar-refractivity contribution < 1.29 is 0 Å². The van der Waals surface area contributed by atoms with E-state index in [1.165, 1.54) is 12.8 Å². The van der Waals surface area contributed by atoms with Gasteiger partial charge in [-0.25, -0.2) is 0 Å². The molecule has 2 aliphatic heterocycles. The van der Waals surface area contributed by atoms with Crippen molar-refractivity contribution in [2.24, 2.45) is 29.6 Å². The van der Waals surface area contributed by atoms with Crippen LogP contribution in [0.4, 0.5) is 0 Å². The minimum atomic E-state index is 0.871. The highest BCUT2D eigenvalue weighted by atomic mass is 14.7. The van der Waals surface area contributed by atoms with Gasteiger partial charge in [-0.1, -0.05) is 64.9 Å². The Kier molecular flexibility index (Phi) is 2.30. The standard InChI is InChI=1S/C15H27B/c1-6-12-9(3)10(4)13(11(12)5)14-15(7-2)8-16(14)15/h9-14H,6-8H2,1-5H3. The Morgan fingerprint density at radius 2 is 1.75 bits per heavy atom. The number of hydrogen-bond donors (Lipinski definition) is 0. The summed E-state index contributed by atoms with van der Waals surface area (Å²) in [4.78, 5) is 0. The Balaban J connectivity index is 1.77. The third-order valence-electron chi connectivity index (χ3n) is 7.11. The van der Waals surface area contributed by atoms with Gasteiger partial charge in [-0.2, -0.15) is 0 Å². The van der Waals surface area contributed by atoms with E-state index in [-0.39, 0.29) is 0 Å². The molecule has 90 valence electrons. The van der Waals surface area contributed by atoms with Crippen LogP contribution < -0.4 is 0 Å². The van der Waals surface area contributed by atoms with Crippen LogP contribution in [0.25, 0.3) is 0 Å². The van der Waals surface area contributed by atoms with Gasteiger partial charge < -0.3 is 0 Å². The van der Waals surface area contributed by atoms with Crippen LogP contribution in [-0.2, 0) is 0 Å². The van der Waals surface area contributed by atoms with E-state index < -0.39 is 0 Å². The average Bonchev–Trinajstić information content (AvgIpc) is 3.10. The third kappa shape index (κ3) is 1.13. The molecule has 0 bridgehead atoms. The van der Waals surface area contributed by atoms with Gasteiger partial charge in [0.15, 0.2) is 0 Å². The van der Waals surface area contributed by atoms with E-state index in [4.69, 9.17) is 0 Å². The summed E-state index contributed by atoms with van der Waals surface area (Å²) in [6.45, 7) is 13.6. The SMILES string of the molecule is CCC1C(C)C(C)C(C2B3CC32CC)C1C. The Bertz CT molecular complexity index is 298. The van der Waals surface area contributed by atoms with Crippen LogP contribution in [-0.4, -0.2) is 6.71 Å². The second kappa shape index (κ2) is 3.30. The van der Waals surface area contributed by atoms with Crippen molar-refractivity contribution in [2.45, 2.75) is 64.9 Å². The molecule has 3 aliphatic rings. The molecule has 3 rings (SSSR count). The van der Waals surface area contributed by atoms with Gasteiger partial charge in [0.25, 0.3) is 0 Å². The van der Waals surface area contributed by atoms with Crippen LogP contribution in [0.2, 0.25) is 17.5 Å². The highest BCUT2D eigenvalue weighted by molar-refractivity contribution is 6.89. The van der Waals surface area contributed by atoms with E-state index in [0.29, 0.717) is 0 Å². The topological polar surface area (TPSA) is 0 Å². The van der Waals surface area contributed by atoms with Crippen LogP contribution in [0.5, 0.6) is 0 Å². The molecule has 0 radical (unpaired) electrons. The lowest BCUT2D eigenvalue weighted by Gasteiger charge is -2.28. The Morgan fingerprint density at radius 1 is 1.06 bits per heavy atom. The molecule has 7 atom stereocenters. The molecule has 2 saturated heterocycles. The van der Waals surface area contributed by atoms with Crippen molar-refractivity contribution in [1.29, 1.82) is 0 Å². The van der Waals surface area contributed by atoms with Crippen LogP contribution in [0, 0.1) is 29.6 Å². The summed E-state index contributed by atoms with van der Waals surface area (Å²) in [5.74, 6) is 6.17. The van der Waals surface area contributed by atoms with Gasteiger partial charge in [0.1, 0.15) is 6.71 Å². The summed E-state index contributed by atoms with van der Waals surface area (Å²) >= 11 is 0. The third-order valence-corrected chi connectivity index (χ3v) is 7.11. The molecule has 0 aromatic rings. The van der Waals surface area contributed by atoms with Gasteiger partial charge in [-0.05, 0) is 29.6 Å². The maximum Gasteiger partial charge on any atom is 0.148 e. The van der Waals surface area contributed by atoms with Crippen molar-refractivity contribution in [1.82, 2.24) is 0 Å². The van der Waals surface area contributed by atoms with Crippen molar-refractivity contribution >= 4 is 6.71 Å². The van der Waals surface area contributed by atoms with E-state index in [2.05, 4.69) is 34.6 Å². The molecule has 1 aliphatic carbocycles. The molecule has 2 heterocycles. The van der Waals surface area contributed by atoms with Gasteiger partial charge in [-0.15, -0.1) is 0 Å². The molecule has 0 spiro atoms. The molecule has 0 N–H and O–H groups in total. The summed E-state index contributed by atoms with van der Waals surface area (Å²) < 4.78 is 0. The lowest BCUT2D eigenvalue weighted by atomic mass is 9.66. The average molecular weight is 218 g/mol. The van der Waals surface area contributed by atoms with Crippen LogP contribution in [0.1, 0.15) is 47.5 Å². The zero-order valence-corrected chi connectivity index (χ0v) is 11.7. The zero-order valence-electron chi connectivity index (χ0n) is 11.7. The second-order valence-electron chi connectivity index (χ2n) is 7.15. The highest BCUT2D eigenvalue weighted by Gasteiger charge is 2.81. The van der Waals surface area contributed by atoms with Crippen molar-refractivity contribution in [3.05, 3.63) is 0 Å². The fourth-order valence-corrected chi connectivity index (χ4v) is 5.74. The molecule has 0 aromatic heterocycles. The summed E-state index contributed by atoms with van der Waals surface area (Å²) in [7, 11) is 0. The maximum absolute atomic E-state index is 2.56. The normalized spacial score (nSPS) is 58.7. The minimum absolute atomic E-state index is 0.871. The molecule has 0 nitrogen and oxygen atoms in total. The summed E-state index contributed by atoms with van der Waals surface area (Å²) in [6, 6.07) is 0. The lowest BCUT2D eigenvalue weighted by Crippen LogP contribution is -2.18. The van der Waals surface area contributed by atoms with Crippen molar-refractivity contribution in [3.63, 3.8) is 0 Å². The zero-order chi connectivity index (χ0) is 11.7. The van der Waals surface area contributed by atoms with E-state index in [1.807, 2.05) is 0 Å². The fraction of sp³-hybridized carbons (Fsp3) is 1.00. The number of rotatable bonds is 3. The van der Waals surface area contributed by atoms with Crippen LogP contribution in [0.3, 0.4) is 0 Å². The Labute approximate surface area is 102 Å². The number of fused-ring (bicyclic) bond motifs is 1. The van der Waals surface area contributed by atoms with E-state index in [1.54, 1.807) is 6.32 Å². The molecule has 1 heteroatoms. The second-order valence-corrected chi connectivity index (χ2v) is 7.15. The first-order valence-electron chi connectivity index (χ1n) is 7.58. The van der Waals surface area contributed by atoms with Crippen LogP contribution in [0.15, 0.2) is 0 Å². The molecular weight excluding hydrogens is 191 g/mol. The largest absolute Gasteiger partial charge is 0.148 e. The van der Waals surface area contributed by atoms with Gasteiger partial charge in [0.05, 0.1) is 0 Å². The van der Waals surface area contributed by atoms with Gasteiger partial charge in [0.2, 0.25) is 0 Å². The van der Waals surface area contributed by atoms with Gasteiger partial charge >= 0.3 is 0 Å². The maximum atomic E-state index is 2.56. The molecule has 7 unspecified atom stereocenters. The molecule has 3 fully saturated rings. The number of hydrogen-bond acceptors (Lipinski definition) is 0. The Morgan fingerprint density at radius 3 is 2.12 bits per heavy atom. The predicted octanol–water partition coefficient (Wildman–Crippen LogP) is 4.59. The molecule has 1 saturated carbocycles. The first-order chi connectivity index (χ1) is 7.58. The lowest BCUT2D eigenvalue weighted by molar-refractivity contribution is 0.288. The quantitative estimate of drug-likeness (QED) is 0.607. The fourth-order valence-electron chi connectivity index (χ4n) is 5.74. The Hall–Kier alpha value is 0.0649. The van der Waals surface area contributed by atoms with Crippen LogP contribution >= 0.6 is 0 Å². The molecular formula is C15H27B. The summed E-state index contributed by atoms with van der Waals surface area (Å²) in [5.41, 5.74) is 0. The summed E-state index contributed by atoms with van der Waals surface area (Å²) in [5, 5.41) is 0.871. The first-order valence-corrected chi connectivity index (χ1v) is 7.58. The van der Waals surface area contributed by atoms with E-state index >= 15 is 0 Å². The monoisotopic (exact) mass is 218 g/mol. The van der Waals surface area contributed by atoms with Gasteiger partial charge in [-0.3, -0.25) is 0 Å². The van der Waals surface area contributed by atoms with E-state index in [9.17, 15) is 0 Å². The van der Waals surface area contributed by atoms with Crippen molar-refractivity contribution in [2.75, 3.05) is 0 Å². The van der Waals surface area contributed by atoms with Gasteiger partial charge in [0, 0.05) is 0 Å². The molecule has 16 heavy (non-hydrogen) atoms. The minimum Gasteiger partial charge on any atom is -0.0747 e. The van der Waals surface area contributed by atoms with E-state index in [0.717, 1.165) is 47.4 Å². The molecule has 0 amide bonds. The highest BCUT2D eigenvalue weighted by Crippen LogP contribution is 2.89. The summed E-state index contributed by atoms with van der Waals surface area (Å²) in [6.07, 6.45) is 4.44. The van der Waals surface area contributed by atoms with Crippen molar-refractivity contribution in [3.8, 4) is 0 Å². The predicted molar refractivity (Wildman–Crippen MR) is 72.1 cm³/mol. The smallest absolute Gasteiger partial charge is 0.0747 e.